The average Bonchev–Trinajstić information content (AvgIpc) is 3.18. The van der Waals surface area contributed by atoms with Crippen molar-refractivity contribution in [1.29, 1.82) is 0 Å². The lowest BCUT2D eigenvalue weighted by Crippen LogP contribution is -2.25. The predicted octanol–water partition coefficient (Wildman–Crippen LogP) is 3.51. The Morgan fingerprint density at radius 2 is 2.21 bits per heavy atom. The Bertz CT molecular complexity index is 947. The molecule has 0 unspecified atom stereocenters. The normalized spacial score (nSPS) is 13.6. The van der Waals surface area contributed by atoms with Gasteiger partial charge in [-0.3, -0.25) is 9.36 Å². The zero-order valence-electron chi connectivity index (χ0n) is 12.7. The molecule has 6 nitrogen and oxygen atoms in total. The Labute approximate surface area is 147 Å². The molecule has 2 aromatic heterocycles. The van der Waals surface area contributed by atoms with Crippen LogP contribution in [0.15, 0.2) is 35.2 Å². The molecule has 8 heteroatoms. The third-order valence-corrected chi connectivity index (χ3v) is 4.55. The molecule has 3 heterocycles. The molecule has 1 amide bonds. The van der Waals surface area contributed by atoms with Gasteiger partial charge in [-0.25, -0.2) is 9.97 Å². The first-order chi connectivity index (χ1) is 11.6. The van der Waals surface area contributed by atoms with E-state index in [1.54, 1.807) is 30.4 Å². The molecule has 0 bridgehead atoms. The van der Waals surface area contributed by atoms with Gasteiger partial charge in [-0.1, -0.05) is 17.7 Å². The van der Waals surface area contributed by atoms with Crippen molar-refractivity contribution in [1.82, 2.24) is 19.4 Å². The number of fused-ring (bicyclic) bond motifs is 3. The van der Waals surface area contributed by atoms with E-state index in [1.165, 1.54) is 6.26 Å². The SMILES string of the molecule is CN1Cc2c(-c3nc(CCl)co3)ncn2-c2cccc(Cl)c2C1=O. The van der Waals surface area contributed by atoms with Crippen molar-refractivity contribution in [2.24, 2.45) is 0 Å². The third-order valence-electron chi connectivity index (χ3n) is 3.96. The van der Waals surface area contributed by atoms with Crippen LogP contribution in [0.2, 0.25) is 5.02 Å². The second kappa shape index (κ2) is 5.65. The number of imidazole rings is 1. The van der Waals surface area contributed by atoms with Gasteiger partial charge in [0.15, 0.2) is 0 Å². The average molecular weight is 363 g/mol. The fraction of sp³-hybridized carbons (Fsp3) is 0.188. The predicted molar refractivity (Wildman–Crippen MR) is 89.4 cm³/mol. The highest BCUT2D eigenvalue weighted by atomic mass is 35.5. The van der Waals surface area contributed by atoms with Crippen LogP contribution in [0.4, 0.5) is 0 Å². The number of rotatable bonds is 2. The molecule has 1 aliphatic heterocycles. The summed E-state index contributed by atoms with van der Waals surface area (Å²) in [5.74, 6) is 0.501. The third kappa shape index (κ3) is 2.22. The van der Waals surface area contributed by atoms with Crippen molar-refractivity contribution in [3.05, 3.63) is 52.8 Å². The Kier molecular flexibility index (Phi) is 3.58. The number of oxazole rings is 1. The minimum Gasteiger partial charge on any atom is -0.443 e. The minimum atomic E-state index is -0.140. The van der Waals surface area contributed by atoms with E-state index in [4.69, 9.17) is 27.6 Å². The van der Waals surface area contributed by atoms with Crippen LogP contribution in [-0.2, 0) is 12.4 Å². The zero-order chi connectivity index (χ0) is 16.8. The number of halogens is 2. The number of benzene rings is 1. The van der Waals surface area contributed by atoms with Crippen LogP contribution in [0.25, 0.3) is 17.3 Å². The highest BCUT2D eigenvalue weighted by Gasteiger charge is 2.29. The van der Waals surface area contributed by atoms with Crippen LogP contribution in [0.1, 0.15) is 21.7 Å². The van der Waals surface area contributed by atoms with E-state index in [0.717, 1.165) is 5.69 Å². The zero-order valence-corrected chi connectivity index (χ0v) is 14.2. The molecule has 3 aromatic rings. The van der Waals surface area contributed by atoms with Gasteiger partial charge in [-0.05, 0) is 12.1 Å². The fourth-order valence-electron chi connectivity index (χ4n) is 2.80. The summed E-state index contributed by atoms with van der Waals surface area (Å²) in [5, 5.41) is 0.410. The van der Waals surface area contributed by atoms with Crippen LogP contribution in [-0.4, -0.2) is 32.4 Å². The molecule has 4 rings (SSSR count). The number of nitrogens with zero attached hydrogens (tertiary/aromatic N) is 4. The highest BCUT2D eigenvalue weighted by molar-refractivity contribution is 6.34. The molecule has 0 spiro atoms. The second-order valence-corrected chi connectivity index (χ2v) is 6.16. The number of hydrogen-bond acceptors (Lipinski definition) is 4. The molecule has 0 aliphatic carbocycles. The van der Waals surface area contributed by atoms with E-state index in [-0.39, 0.29) is 11.8 Å². The Morgan fingerprint density at radius 3 is 2.96 bits per heavy atom. The molecule has 0 N–H and O–H groups in total. The number of hydrogen-bond donors (Lipinski definition) is 0. The summed E-state index contributed by atoms with van der Waals surface area (Å²) in [5.41, 5.74) is 3.16. The van der Waals surface area contributed by atoms with Crippen molar-refractivity contribution in [2.75, 3.05) is 7.05 Å². The Morgan fingerprint density at radius 1 is 1.38 bits per heavy atom. The van der Waals surface area contributed by atoms with E-state index in [0.29, 0.717) is 40.1 Å². The van der Waals surface area contributed by atoms with Crippen molar-refractivity contribution in [2.45, 2.75) is 12.4 Å². The number of carbonyl (C=O) groups is 1. The maximum atomic E-state index is 12.7. The minimum absolute atomic E-state index is 0.140. The second-order valence-electron chi connectivity index (χ2n) is 5.48. The molecule has 0 saturated heterocycles. The van der Waals surface area contributed by atoms with Crippen LogP contribution in [0.3, 0.4) is 0 Å². The largest absolute Gasteiger partial charge is 0.443 e. The van der Waals surface area contributed by atoms with Crippen molar-refractivity contribution in [3.63, 3.8) is 0 Å². The lowest BCUT2D eigenvalue weighted by atomic mass is 10.1. The summed E-state index contributed by atoms with van der Waals surface area (Å²) in [6.45, 7) is 0.359. The number of aromatic nitrogens is 3. The molecular weight excluding hydrogens is 351 g/mol. The van der Waals surface area contributed by atoms with Gasteiger partial charge in [0, 0.05) is 7.05 Å². The molecule has 122 valence electrons. The van der Waals surface area contributed by atoms with E-state index in [2.05, 4.69) is 9.97 Å². The standard InChI is InChI=1S/C16H12Cl2N4O2/c1-21-6-12-14(15-20-9(5-17)7-24-15)19-8-22(12)11-4-2-3-10(18)13(11)16(21)23/h2-4,7-8H,5-6H2,1H3. The van der Waals surface area contributed by atoms with Crippen LogP contribution in [0, 0.1) is 0 Å². The van der Waals surface area contributed by atoms with Crippen molar-refractivity contribution < 1.29 is 9.21 Å². The number of amides is 1. The summed E-state index contributed by atoms with van der Waals surface area (Å²) in [7, 11) is 1.72. The smallest absolute Gasteiger partial charge is 0.257 e. The van der Waals surface area contributed by atoms with Gasteiger partial charge in [-0.15, -0.1) is 11.6 Å². The first kappa shape index (κ1) is 15.2. The first-order valence-corrected chi connectivity index (χ1v) is 8.12. The fourth-order valence-corrected chi connectivity index (χ4v) is 3.17. The van der Waals surface area contributed by atoms with E-state index >= 15 is 0 Å². The van der Waals surface area contributed by atoms with Gasteiger partial charge in [0.25, 0.3) is 5.91 Å². The van der Waals surface area contributed by atoms with Crippen LogP contribution in [0.5, 0.6) is 0 Å². The van der Waals surface area contributed by atoms with Gasteiger partial charge in [0.1, 0.15) is 18.3 Å². The summed E-state index contributed by atoms with van der Waals surface area (Å²) in [4.78, 5) is 23.0. The molecule has 1 aliphatic rings. The molecule has 0 radical (unpaired) electrons. The molecule has 24 heavy (non-hydrogen) atoms. The van der Waals surface area contributed by atoms with Crippen molar-refractivity contribution in [3.8, 4) is 17.3 Å². The lowest BCUT2D eigenvalue weighted by Gasteiger charge is -2.14. The Hall–Kier alpha value is -2.31. The summed E-state index contributed by atoms with van der Waals surface area (Å²) >= 11 is 12.0. The number of alkyl halides is 1. The van der Waals surface area contributed by atoms with Gasteiger partial charge in [0.2, 0.25) is 5.89 Å². The highest BCUT2D eigenvalue weighted by Crippen LogP contribution is 2.33. The van der Waals surface area contributed by atoms with Crippen LogP contribution < -0.4 is 0 Å². The first-order valence-electron chi connectivity index (χ1n) is 7.21. The quantitative estimate of drug-likeness (QED) is 0.654. The van der Waals surface area contributed by atoms with E-state index < -0.39 is 0 Å². The summed E-state index contributed by atoms with van der Waals surface area (Å²) < 4.78 is 7.33. The maximum absolute atomic E-state index is 12.7. The van der Waals surface area contributed by atoms with Crippen molar-refractivity contribution >= 4 is 29.1 Å². The molecular formula is C16H12Cl2N4O2. The van der Waals surface area contributed by atoms with E-state index in [9.17, 15) is 4.79 Å². The van der Waals surface area contributed by atoms with E-state index in [1.807, 2.05) is 10.6 Å². The van der Waals surface area contributed by atoms with Gasteiger partial charge in [0.05, 0.1) is 40.1 Å². The molecule has 0 fully saturated rings. The van der Waals surface area contributed by atoms with Gasteiger partial charge >= 0.3 is 0 Å². The molecule has 0 atom stereocenters. The van der Waals surface area contributed by atoms with Gasteiger partial charge in [-0.2, -0.15) is 0 Å². The van der Waals surface area contributed by atoms with Gasteiger partial charge < -0.3 is 9.32 Å². The Balaban J connectivity index is 1.94. The number of carbonyl (C=O) groups excluding carboxylic acids is 1. The lowest BCUT2D eigenvalue weighted by molar-refractivity contribution is 0.0788. The molecule has 1 aromatic carbocycles. The molecule has 0 saturated carbocycles. The topological polar surface area (TPSA) is 64.2 Å². The summed E-state index contributed by atoms with van der Waals surface area (Å²) in [6, 6.07) is 5.35. The summed E-state index contributed by atoms with van der Waals surface area (Å²) in [6.07, 6.45) is 3.15. The monoisotopic (exact) mass is 362 g/mol. The van der Waals surface area contributed by atoms with Crippen LogP contribution >= 0.6 is 23.2 Å². The maximum Gasteiger partial charge on any atom is 0.257 e.